The van der Waals surface area contributed by atoms with Crippen molar-refractivity contribution < 1.29 is 4.79 Å². The van der Waals surface area contributed by atoms with E-state index in [9.17, 15) is 10.1 Å². The first-order valence-electron chi connectivity index (χ1n) is 8.57. The van der Waals surface area contributed by atoms with Crippen LogP contribution in [0.25, 0.3) is 16.7 Å². The summed E-state index contributed by atoms with van der Waals surface area (Å²) < 4.78 is 1.93. The van der Waals surface area contributed by atoms with Crippen molar-refractivity contribution in [2.45, 2.75) is 32.2 Å². The SMILES string of the molecule is CCc1cc(NCC(=O)NC2CC2)n2c(nc3ccccc32)c1C#N. The maximum absolute atomic E-state index is 12.0. The van der Waals surface area contributed by atoms with Crippen molar-refractivity contribution in [3.05, 3.63) is 41.5 Å². The molecule has 1 aliphatic carbocycles. The molecule has 0 saturated heterocycles. The summed E-state index contributed by atoms with van der Waals surface area (Å²) in [5.74, 6) is 0.771. The third kappa shape index (κ3) is 2.78. The number of nitriles is 1. The van der Waals surface area contributed by atoms with Crippen LogP contribution in [-0.4, -0.2) is 27.9 Å². The van der Waals surface area contributed by atoms with Crippen molar-refractivity contribution in [3.63, 3.8) is 0 Å². The Hall–Kier alpha value is -3.07. The molecule has 2 heterocycles. The second-order valence-corrected chi connectivity index (χ2v) is 6.35. The molecule has 1 fully saturated rings. The fraction of sp³-hybridized carbons (Fsp3) is 0.316. The molecule has 3 aromatic rings. The minimum atomic E-state index is -0.0116. The van der Waals surface area contributed by atoms with Gasteiger partial charge in [0.05, 0.1) is 23.1 Å². The highest BCUT2D eigenvalue weighted by Gasteiger charge is 2.23. The molecule has 0 unspecified atom stereocenters. The predicted molar refractivity (Wildman–Crippen MR) is 96.4 cm³/mol. The molecule has 1 aliphatic rings. The van der Waals surface area contributed by atoms with Crippen molar-refractivity contribution in [2.75, 3.05) is 11.9 Å². The van der Waals surface area contributed by atoms with Crippen LogP contribution in [-0.2, 0) is 11.2 Å². The smallest absolute Gasteiger partial charge is 0.239 e. The van der Waals surface area contributed by atoms with Gasteiger partial charge in [0.1, 0.15) is 11.9 Å². The van der Waals surface area contributed by atoms with Crippen molar-refractivity contribution in [2.24, 2.45) is 0 Å². The molecule has 0 spiro atoms. The molecule has 0 bridgehead atoms. The number of anilines is 1. The zero-order valence-corrected chi connectivity index (χ0v) is 14.0. The summed E-state index contributed by atoms with van der Waals surface area (Å²) in [5, 5.41) is 15.8. The predicted octanol–water partition coefficient (Wildman–Crippen LogP) is 2.61. The third-order valence-electron chi connectivity index (χ3n) is 4.52. The number of rotatable bonds is 5. The first kappa shape index (κ1) is 15.5. The number of carbonyl (C=O) groups excluding carboxylic acids is 1. The van der Waals surface area contributed by atoms with Crippen molar-refractivity contribution in [1.29, 1.82) is 5.26 Å². The largest absolute Gasteiger partial charge is 0.362 e. The molecular formula is C19H19N5O. The van der Waals surface area contributed by atoms with E-state index < -0.39 is 0 Å². The van der Waals surface area contributed by atoms with Gasteiger partial charge in [-0.1, -0.05) is 19.1 Å². The van der Waals surface area contributed by atoms with E-state index in [1.807, 2.05) is 41.7 Å². The second-order valence-electron chi connectivity index (χ2n) is 6.35. The Kier molecular flexibility index (Phi) is 3.77. The second kappa shape index (κ2) is 6.10. The number of imidazole rings is 1. The van der Waals surface area contributed by atoms with E-state index in [1.54, 1.807) is 0 Å². The molecule has 1 aromatic carbocycles. The molecule has 2 aromatic heterocycles. The molecule has 6 nitrogen and oxygen atoms in total. The average molecular weight is 333 g/mol. The third-order valence-corrected chi connectivity index (χ3v) is 4.52. The number of nitrogens with one attached hydrogen (secondary N) is 2. The van der Waals surface area contributed by atoms with Crippen LogP contribution in [0.5, 0.6) is 0 Å². The maximum atomic E-state index is 12.0. The van der Waals surface area contributed by atoms with Crippen LogP contribution in [0.2, 0.25) is 0 Å². The molecule has 6 heteroatoms. The molecule has 126 valence electrons. The highest BCUT2D eigenvalue weighted by Crippen LogP contribution is 2.27. The maximum Gasteiger partial charge on any atom is 0.239 e. The molecular weight excluding hydrogens is 314 g/mol. The summed E-state index contributed by atoms with van der Waals surface area (Å²) in [6.45, 7) is 2.21. The molecule has 25 heavy (non-hydrogen) atoms. The van der Waals surface area contributed by atoms with Crippen LogP contribution in [0.3, 0.4) is 0 Å². The van der Waals surface area contributed by atoms with Crippen LogP contribution in [0, 0.1) is 11.3 Å². The summed E-state index contributed by atoms with van der Waals surface area (Å²) in [6, 6.07) is 12.3. The Morgan fingerprint density at radius 1 is 1.40 bits per heavy atom. The van der Waals surface area contributed by atoms with E-state index in [1.165, 1.54) is 0 Å². The van der Waals surface area contributed by atoms with Crippen molar-refractivity contribution in [3.8, 4) is 6.07 Å². The van der Waals surface area contributed by atoms with E-state index in [0.29, 0.717) is 17.3 Å². The van der Waals surface area contributed by atoms with Crippen molar-refractivity contribution in [1.82, 2.24) is 14.7 Å². The fourth-order valence-electron chi connectivity index (χ4n) is 3.09. The molecule has 2 N–H and O–H groups in total. The van der Waals surface area contributed by atoms with Crippen molar-refractivity contribution >= 4 is 28.4 Å². The van der Waals surface area contributed by atoms with Gasteiger partial charge in [-0.25, -0.2) is 4.98 Å². The number of fused-ring (bicyclic) bond motifs is 3. The van der Waals surface area contributed by atoms with Gasteiger partial charge < -0.3 is 10.6 Å². The summed E-state index contributed by atoms with van der Waals surface area (Å²) in [6.07, 6.45) is 2.86. The van der Waals surface area contributed by atoms with Gasteiger partial charge in [-0.15, -0.1) is 0 Å². The quantitative estimate of drug-likeness (QED) is 0.752. The van der Waals surface area contributed by atoms with E-state index in [-0.39, 0.29) is 12.5 Å². The molecule has 4 rings (SSSR count). The molecule has 0 aliphatic heterocycles. The monoisotopic (exact) mass is 333 g/mol. The zero-order valence-electron chi connectivity index (χ0n) is 14.0. The summed E-state index contributed by atoms with van der Waals surface area (Å²) >= 11 is 0. The van der Waals surface area contributed by atoms with Crippen LogP contribution in [0.1, 0.15) is 30.9 Å². The number of para-hydroxylation sites is 2. The Balaban J connectivity index is 1.81. The number of hydrogen-bond donors (Lipinski definition) is 2. The Morgan fingerprint density at radius 3 is 2.92 bits per heavy atom. The highest BCUT2D eigenvalue weighted by atomic mass is 16.2. The van der Waals surface area contributed by atoms with Crippen LogP contribution in [0.4, 0.5) is 5.82 Å². The van der Waals surface area contributed by atoms with E-state index >= 15 is 0 Å². The van der Waals surface area contributed by atoms with Gasteiger partial charge in [-0.3, -0.25) is 9.20 Å². The first-order valence-corrected chi connectivity index (χ1v) is 8.57. The number of carbonyl (C=O) groups is 1. The Morgan fingerprint density at radius 2 is 2.20 bits per heavy atom. The van der Waals surface area contributed by atoms with E-state index in [0.717, 1.165) is 41.7 Å². The lowest BCUT2D eigenvalue weighted by Crippen LogP contribution is -2.31. The minimum absolute atomic E-state index is 0.0116. The molecule has 0 radical (unpaired) electrons. The van der Waals surface area contributed by atoms with Gasteiger partial charge >= 0.3 is 0 Å². The Labute approximate surface area is 145 Å². The standard InChI is InChI=1S/C19H19N5O/c1-2-12-9-17(21-11-18(25)22-13-7-8-13)24-16-6-4-3-5-15(16)23-19(24)14(12)10-20/h3-6,9,13,21H,2,7-8,11H2,1H3,(H,22,25). The van der Waals surface area contributed by atoms with Gasteiger partial charge in [-0.05, 0) is 43.0 Å². The lowest BCUT2D eigenvalue weighted by Gasteiger charge is -2.13. The number of aryl methyl sites for hydroxylation is 1. The first-order chi connectivity index (χ1) is 12.2. The number of amides is 1. The number of nitrogens with zero attached hydrogens (tertiary/aromatic N) is 3. The van der Waals surface area contributed by atoms with Gasteiger partial charge in [0.25, 0.3) is 0 Å². The summed E-state index contributed by atoms with van der Waals surface area (Å²) in [5.41, 5.74) is 3.90. The van der Waals surface area contributed by atoms with Gasteiger partial charge in [-0.2, -0.15) is 5.26 Å². The van der Waals surface area contributed by atoms with Crippen LogP contribution >= 0.6 is 0 Å². The van der Waals surface area contributed by atoms with Gasteiger partial charge in [0.2, 0.25) is 5.91 Å². The van der Waals surface area contributed by atoms with E-state index in [2.05, 4.69) is 21.7 Å². The Bertz CT molecular complexity index is 1010. The molecule has 0 atom stereocenters. The highest BCUT2D eigenvalue weighted by molar-refractivity contribution is 5.86. The lowest BCUT2D eigenvalue weighted by molar-refractivity contribution is -0.119. The topological polar surface area (TPSA) is 82.2 Å². The average Bonchev–Trinajstić information content (AvgIpc) is 3.35. The fourth-order valence-corrected chi connectivity index (χ4v) is 3.09. The van der Waals surface area contributed by atoms with Crippen LogP contribution in [0.15, 0.2) is 30.3 Å². The summed E-state index contributed by atoms with van der Waals surface area (Å²) in [4.78, 5) is 16.7. The minimum Gasteiger partial charge on any atom is -0.362 e. The van der Waals surface area contributed by atoms with Crippen LogP contribution < -0.4 is 10.6 Å². The number of aromatic nitrogens is 2. The number of hydrogen-bond acceptors (Lipinski definition) is 4. The zero-order chi connectivity index (χ0) is 17.4. The normalized spacial score (nSPS) is 13.8. The molecule has 1 saturated carbocycles. The number of benzene rings is 1. The summed E-state index contributed by atoms with van der Waals surface area (Å²) in [7, 11) is 0. The molecule has 1 amide bonds. The lowest BCUT2D eigenvalue weighted by atomic mass is 10.1. The van der Waals surface area contributed by atoms with E-state index in [4.69, 9.17) is 0 Å². The van der Waals surface area contributed by atoms with Gasteiger partial charge in [0, 0.05) is 6.04 Å². The van der Waals surface area contributed by atoms with Gasteiger partial charge in [0.15, 0.2) is 5.65 Å². The number of pyridine rings is 1.